The summed E-state index contributed by atoms with van der Waals surface area (Å²) in [6.07, 6.45) is 12.0. The summed E-state index contributed by atoms with van der Waals surface area (Å²) in [7, 11) is 0. The average Bonchev–Trinajstić information content (AvgIpc) is 2.80. The van der Waals surface area contributed by atoms with Crippen molar-refractivity contribution in [2.45, 2.75) is 71.4 Å². The Morgan fingerprint density at radius 3 is 2.54 bits per heavy atom. The molecule has 35 heavy (non-hydrogen) atoms. The topological polar surface area (TPSA) is 74.2 Å². The zero-order chi connectivity index (χ0) is 24.8. The first-order chi connectivity index (χ1) is 17.0. The Balaban J connectivity index is 1.42. The Bertz CT molecular complexity index is 960. The number of aliphatic imine (C=N–C) groups is 1. The second-order valence-corrected chi connectivity index (χ2v) is 9.94. The van der Waals surface area contributed by atoms with Crippen molar-refractivity contribution in [3.8, 4) is 0 Å². The number of piperazine rings is 1. The van der Waals surface area contributed by atoms with Crippen molar-refractivity contribution in [3.63, 3.8) is 0 Å². The van der Waals surface area contributed by atoms with E-state index in [2.05, 4.69) is 21.5 Å². The number of carbonyl (C=O) groups is 1. The predicted octanol–water partition coefficient (Wildman–Crippen LogP) is 3.38. The Kier molecular flexibility index (Phi) is 8.55. The molecule has 2 fully saturated rings. The molecule has 2 aliphatic heterocycles. The third kappa shape index (κ3) is 6.10. The molecule has 1 aromatic rings. The lowest BCUT2D eigenvalue weighted by Gasteiger charge is -2.43. The van der Waals surface area contributed by atoms with E-state index in [9.17, 15) is 4.79 Å². The number of ether oxygens (including phenoxy) is 1. The highest BCUT2D eigenvalue weighted by molar-refractivity contribution is 5.96. The standard InChI is InChI=1S/C27H40N6O2/c1-5-8-23(25(28-4)35-20(2)3)26(34)32-13-7-11-24-21(12-14-32)19-29-27(30-24)33-17-15-31(16-18-33)22-9-6-10-22/h5,8,19-20,22H,4,6-7,9-18H2,1-3H3/b8-5-,25-23-. The third-order valence-electron chi connectivity index (χ3n) is 7.19. The van der Waals surface area contributed by atoms with Crippen LogP contribution in [0.1, 0.15) is 57.7 Å². The zero-order valence-corrected chi connectivity index (χ0v) is 21.6. The molecule has 1 amide bonds. The summed E-state index contributed by atoms with van der Waals surface area (Å²) in [6, 6.07) is 0.804. The lowest BCUT2D eigenvalue weighted by Crippen LogP contribution is -2.52. The number of aryl methyl sites for hydroxylation is 1. The van der Waals surface area contributed by atoms with Gasteiger partial charge in [-0.3, -0.25) is 9.69 Å². The number of amides is 1. The van der Waals surface area contributed by atoms with Crippen molar-refractivity contribution in [2.75, 3.05) is 44.2 Å². The van der Waals surface area contributed by atoms with Gasteiger partial charge in [0.05, 0.1) is 6.10 Å². The van der Waals surface area contributed by atoms with Crippen LogP contribution in [0, 0.1) is 0 Å². The van der Waals surface area contributed by atoms with Gasteiger partial charge in [0.2, 0.25) is 11.8 Å². The van der Waals surface area contributed by atoms with Crippen molar-refractivity contribution < 1.29 is 9.53 Å². The first-order valence-corrected chi connectivity index (χ1v) is 13.1. The van der Waals surface area contributed by atoms with Crippen LogP contribution in [0.4, 0.5) is 5.95 Å². The molecule has 8 heteroatoms. The average molecular weight is 481 g/mol. The molecule has 0 bridgehead atoms. The van der Waals surface area contributed by atoms with Crippen LogP contribution in [0.3, 0.4) is 0 Å². The minimum atomic E-state index is -0.0877. The van der Waals surface area contributed by atoms with Crippen LogP contribution in [0.5, 0.6) is 0 Å². The molecule has 0 spiro atoms. The fourth-order valence-electron chi connectivity index (χ4n) is 5.04. The SMILES string of the molecule is C=N/C(OC(C)C)=C(\C=C/C)C(=O)N1CCCc2nc(N3CCN(C4CCC4)CC3)ncc2CC1. The lowest BCUT2D eigenvalue weighted by molar-refractivity contribution is -0.127. The summed E-state index contributed by atoms with van der Waals surface area (Å²) in [4.78, 5) is 34.0. The van der Waals surface area contributed by atoms with Crippen molar-refractivity contribution >= 4 is 18.6 Å². The van der Waals surface area contributed by atoms with Gasteiger partial charge in [-0.25, -0.2) is 15.0 Å². The van der Waals surface area contributed by atoms with Crippen molar-refractivity contribution in [1.82, 2.24) is 19.8 Å². The van der Waals surface area contributed by atoms with Gasteiger partial charge in [0.25, 0.3) is 5.91 Å². The van der Waals surface area contributed by atoms with Crippen LogP contribution in [0.2, 0.25) is 0 Å². The number of hydrogen-bond acceptors (Lipinski definition) is 7. The minimum absolute atomic E-state index is 0.0727. The van der Waals surface area contributed by atoms with E-state index in [4.69, 9.17) is 14.7 Å². The van der Waals surface area contributed by atoms with Crippen LogP contribution in [-0.2, 0) is 22.4 Å². The highest BCUT2D eigenvalue weighted by Crippen LogP contribution is 2.26. The molecule has 1 aliphatic carbocycles. The van der Waals surface area contributed by atoms with E-state index in [-0.39, 0.29) is 17.9 Å². The smallest absolute Gasteiger partial charge is 0.259 e. The molecule has 0 atom stereocenters. The number of allylic oxidation sites excluding steroid dienone is 1. The second-order valence-electron chi connectivity index (χ2n) is 9.94. The molecule has 3 heterocycles. The largest absolute Gasteiger partial charge is 0.474 e. The summed E-state index contributed by atoms with van der Waals surface area (Å²) in [5.74, 6) is 1.07. The zero-order valence-electron chi connectivity index (χ0n) is 21.6. The summed E-state index contributed by atoms with van der Waals surface area (Å²) in [5, 5.41) is 0. The van der Waals surface area contributed by atoms with Crippen LogP contribution in [0.25, 0.3) is 0 Å². The molecule has 0 aromatic carbocycles. The van der Waals surface area contributed by atoms with E-state index >= 15 is 0 Å². The molecule has 0 N–H and O–H groups in total. The summed E-state index contributed by atoms with van der Waals surface area (Å²) >= 11 is 0. The number of hydrogen-bond donors (Lipinski definition) is 0. The molecule has 4 rings (SSSR count). The van der Waals surface area contributed by atoms with Crippen LogP contribution < -0.4 is 4.90 Å². The van der Waals surface area contributed by atoms with E-state index in [1.807, 2.05) is 37.9 Å². The Morgan fingerprint density at radius 1 is 1.14 bits per heavy atom. The number of carbonyl (C=O) groups excluding carboxylic acids is 1. The van der Waals surface area contributed by atoms with E-state index in [1.54, 1.807) is 6.08 Å². The van der Waals surface area contributed by atoms with Gasteiger partial charge in [-0.2, -0.15) is 0 Å². The molecular weight excluding hydrogens is 440 g/mol. The number of nitrogens with zero attached hydrogens (tertiary/aromatic N) is 6. The monoisotopic (exact) mass is 480 g/mol. The fraction of sp³-hybridized carbons (Fsp3) is 0.630. The van der Waals surface area contributed by atoms with Crippen LogP contribution >= 0.6 is 0 Å². The molecule has 8 nitrogen and oxygen atoms in total. The highest BCUT2D eigenvalue weighted by Gasteiger charge is 2.29. The van der Waals surface area contributed by atoms with Crippen LogP contribution in [-0.4, -0.2) is 83.8 Å². The highest BCUT2D eigenvalue weighted by atomic mass is 16.5. The summed E-state index contributed by atoms with van der Waals surface area (Å²) in [6.45, 7) is 14.8. The van der Waals surface area contributed by atoms with Gasteiger partial charge in [0, 0.05) is 57.2 Å². The van der Waals surface area contributed by atoms with Crippen molar-refractivity contribution in [3.05, 3.63) is 41.1 Å². The molecule has 0 radical (unpaired) electrons. The van der Waals surface area contributed by atoms with Gasteiger partial charge in [0.1, 0.15) is 5.57 Å². The van der Waals surface area contributed by atoms with Crippen LogP contribution in [0.15, 0.2) is 34.8 Å². The van der Waals surface area contributed by atoms with Gasteiger partial charge in [-0.15, -0.1) is 0 Å². The molecule has 190 valence electrons. The summed E-state index contributed by atoms with van der Waals surface area (Å²) in [5.41, 5.74) is 2.71. The Hall–Kier alpha value is -2.74. The quantitative estimate of drug-likeness (QED) is 0.258. The fourth-order valence-corrected chi connectivity index (χ4v) is 5.04. The van der Waals surface area contributed by atoms with Crippen molar-refractivity contribution in [1.29, 1.82) is 0 Å². The third-order valence-corrected chi connectivity index (χ3v) is 7.19. The molecule has 1 aromatic heterocycles. The minimum Gasteiger partial charge on any atom is -0.474 e. The van der Waals surface area contributed by atoms with E-state index in [0.29, 0.717) is 18.7 Å². The maximum absolute atomic E-state index is 13.4. The predicted molar refractivity (Wildman–Crippen MR) is 140 cm³/mol. The van der Waals surface area contributed by atoms with E-state index < -0.39 is 0 Å². The number of aromatic nitrogens is 2. The molecule has 1 saturated carbocycles. The van der Waals surface area contributed by atoms with Gasteiger partial charge >= 0.3 is 0 Å². The van der Waals surface area contributed by atoms with Crippen molar-refractivity contribution in [2.24, 2.45) is 4.99 Å². The van der Waals surface area contributed by atoms with Gasteiger partial charge in [0.15, 0.2) is 0 Å². The first kappa shape index (κ1) is 25.4. The molecule has 0 unspecified atom stereocenters. The summed E-state index contributed by atoms with van der Waals surface area (Å²) < 4.78 is 5.76. The maximum atomic E-state index is 13.4. The van der Waals surface area contributed by atoms with E-state index in [0.717, 1.165) is 68.7 Å². The number of anilines is 1. The first-order valence-electron chi connectivity index (χ1n) is 13.1. The number of rotatable bonds is 7. The number of fused-ring (bicyclic) bond motifs is 1. The second kappa shape index (κ2) is 11.8. The molecule has 1 saturated heterocycles. The van der Waals surface area contributed by atoms with Gasteiger partial charge < -0.3 is 14.5 Å². The Morgan fingerprint density at radius 2 is 1.91 bits per heavy atom. The Labute approximate surface area is 209 Å². The van der Waals surface area contributed by atoms with Gasteiger partial charge in [-0.1, -0.05) is 12.5 Å². The van der Waals surface area contributed by atoms with Gasteiger partial charge in [-0.05, 0) is 71.2 Å². The van der Waals surface area contributed by atoms with E-state index in [1.165, 1.54) is 19.3 Å². The maximum Gasteiger partial charge on any atom is 0.259 e. The normalized spacial score (nSPS) is 20.7. The molecule has 3 aliphatic rings. The lowest BCUT2D eigenvalue weighted by atomic mass is 9.91. The molecular formula is C27H40N6O2.